The zero-order chi connectivity index (χ0) is 12.3. The van der Waals surface area contributed by atoms with Gasteiger partial charge in [-0.25, -0.2) is 8.42 Å². The molecule has 6 nitrogen and oxygen atoms in total. The second-order valence-corrected chi connectivity index (χ2v) is 6.26. The van der Waals surface area contributed by atoms with Gasteiger partial charge >= 0.3 is 5.97 Å². The molecule has 0 aliphatic heterocycles. The Kier molecular flexibility index (Phi) is 4.69. The maximum atomic E-state index is 11.4. The van der Waals surface area contributed by atoms with E-state index in [1.165, 1.54) is 0 Å². The molecule has 7 heteroatoms. The van der Waals surface area contributed by atoms with Gasteiger partial charge in [-0.1, -0.05) is 20.8 Å². The summed E-state index contributed by atoms with van der Waals surface area (Å²) in [6.45, 7) is 4.40. The highest BCUT2D eigenvalue weighted by Crippen LogP contribution is 2.15. The third-order valence-corrected chi connectivity index (χ3v) is 3.32. The summed E-state index contributed by atoms with van der Waals surface area (Å²) in [7, 11) is -3.69. The van der Waals surface area contributed by atoms with E-state index in [0.29, 0.717) is 0 Å². The van der Waals surface area contributed by atoms with Crippen molar-refractivity contribution in [2.75, 3.05) is 12.4 Å². The first kappa shape index (κ1) is 14.3. The summed E-state index contributed by atoms with van der Waals surface area (Å²) in [5, 5.41) is 17.2. The Labute approximate surface area is 89.4 Å². The lowest BCUT2D eigenvalue weighted by atomic mass is 10.0. The van der Waals surface area contributed by atoms with E-state index < -0.39 is 34.1 Å². The largest absolute Gasteiger partial charge is 0.480 e. The number of hydrogen-bond acceptors (Lipinski definition) is 4. The van der Waals surface area contributed by atoms with Crippen molar-refractivity contribution < 1.29 is 23.4 Å². The second kappa shape index (κ2) is 4.91. The standard InChI is InChI=1S/C8H17NO5S/c1-8(2,3)5-15(13,14)9-6(4-10)7(11)12/h6,9-10H,4-5H2,1-3H3,(H,11,12)/t6-/m0/s1. The van der Waals surface area contributed by atoms with Crippen LogP contribution in [-0.2, 0) is 14.8 Å². The number of aliphatic carboxylic acids is 1. The molecule has 0 aromatic heterocycles. The predicted molar refractivity (Wildman–Crippen MR) is 54.9 cm³/mol. The van der Waals surface area contributed by atoms with Gasteiger partial charge in [0.2, 0.25) is 10.0 Å². The van der Waals surface area contributed by atoms with E-state index in [1.807, 2.05) is 4.72 Å². The van der Waals surface area contributed by atoms with Crippen molar-refractivity contribution in [2.24, 2.45) is 5.41 Å². The minimum absolute atomic E-state index is 0.191. The molecular formula is C8H17NO5S. The van der Waals surface area contributed by atoms with Crippen molar-refractivity contribution in [3.63, 3.8) is 0 Å². The highest BCUT2D eigenvalue weighted by Gasteiger charge is 2.27. The van der Waals surface area contributed by atoms with Gasteiger partial charge in [0, 0.05) is 0 Å². The molecule has 0 radical (unpaired) electrons. The van der Waals surface area contributed by atoms with Crippen LogP contribution in [0.2, 0.25) is 0 Å². The van der Waals surface area contributed by atoms with Crippen LogP contribution in [0.25, 0.3) is 0 Å². The van der Waals surface area contributed by atoms with Gasteiger partial charge in [0.15, 0.2) is 0 Å². The highest BCUT2D eigenvalue weighted by atomic mass is 32.2. The van der Waals surface area contributed by atoms with E-state index >= 15 is 0 Å². The van der Waals surface area contributed by atoms with Crippen molar-refractivity contribution in [1.29, 1.82) is 0 Å². The Hall–Kier alpha value is -0.660. The molecule has 0 aromatic carbocycles. The lowest BCUT2D eigenvalue weighted by Crippen LogP contribution is -2.45. The maximum Gasteiger partial charge on any atom is 0.324 e. The van der Waals surface area contributed by atoms with Gasteiger partial charge in [-0.15, -0.1) is 0 Å². The third-order valence-electron chi connectivity index (χ3n) is 1.43. The summed E-state index contributed by atoms with van der Waals surface area (Å²) >= 11 is 0. The summed E-state index contributed by atoms with van der Waals surface area (Å²) in [4.78, 5) is 10.5. The number of aliphatic hydroxyl groups excluding tert-OH is 1. The van der Waals surface area contributed by atoms with E-state index in [9.17, 15) is 13.2 Å². The molecule has 0 unspecified atom stereocenters. The molecule has 90 valence electrons. The molecule has 0 aliphatic rings. The molecule has 0 aliphatic carbocycles. The van der Waals surface area contributed by atoms with Crippen molar-refractivity contribution in [3.05, 3.63) is 0 Å². The molecule has 0 amide bonds. The molecule has 0 heterocycles. The summed E-state index contributed by atoms with van der Waals surface area (Å²) in [5.74, 6) is -1.58. The fourth-order valence-corrected chi connectivity index (χ4v) is 2.83. The van der Waals surface area contributed by atoms with Crippen LogP contribution < -0.4 is 4.72 Å². The number of aliphatic hydroxyl groups is 1. The summed E-state index contributed by atoms with van der Waals surface area (Å²) < 4.78 is 24.8. The molecule has 1 atom stereocenters. The zero-order valence-electron chi connectivity index (χ0n) is 9.02. The zero-order valence-corrected chi connectivity index (χ0v) is 9.84. The molecular weight excluding hydrogens is 222 g/mol. The van der Waals surface area contributed by atoms with E-state index in [-0.39, 0.29) is 5.75 Å². The van der Waals surface area contributed by atoms with Crippen LogP contribution in [0.15, 0.2) is 0 Å². The average molecular weight is 239 g/mol. The highest BCUT2D eigenvalue weighted by molar-refractivity contribution is 7.89. The fourth-order valence-electron chi connectivity index (χ4n) is 0.994. The van der Waals surface area contributed by atoms with Crippen LogP contribution in [0, 0.1) is 5.41 Å². The van der Waals surface area contributed by atoms with Crippen LogP contribution in [-0.4, -0.2) is 43.0 Å². The first-order valence-electron chi connectivity index (χ1n) is 4.41. The number of carbonyl (C=O) groups is 1. The second-order valence-electron chi connectivity index (χ2n) is 4.51. The number of carboxylic acid groups (broad SMARTS) is 1. The van der Waals surface area contributed by atoms with Crippen LogP contribution in [0.5, 0.6) is 0 Å². The Morgan fingerprint density at radius 2 is 1.87 bits per heavy atom. The predicted octanol–water partition coefficient (Wildman–Crippen LogP) is -0.603. The minimum Gasteiger partial charge on any atom is -0.480 e. The first-order chi connectivity index (χ1) is 6.57. The molecule has 0 saturated heterocycles. The molecule has 0 spiro atoms. The van der Waals surface area contributed by atoms with Gasteiger partial charge in [0.1, 0.15) is 6.04 Å². The van der Waals surface area contributed by atoms with Gasteiger partial charge < -0.3 is 10.2 Å². The van der Waals surface area contributed by atoms with Crippen LogP contribution in [0.4, 0.5) is 0 Å². The number of hydrogen-bond donors (Lipinski definition) is 3. The molecule has 3 N–H and O–H groups in total. The van der Waals surface area contributed by atoms with Crippen molar-refractivity contribution in [2.45, 2.75) is 26.8 Å². The number of rotatable bonds is 5. The summed E-state index contributed by atoms with van der Waals surface area (Å²) in [6, 6.07) is -1.47. The molecule has 0 fully saturated rings. The first-order valence-corrected chi connectivity index (χ1v) is 6.06. The van der Waals surface area contributed by atoms with Crippen molar-refractivity contribution in [3.8, 4) is 0 Å². The Morgan fingerprint density at radius 1 is 1.40 bits per heavy atom. The van der Waals surface area contributed by atoms with Gasteiger partial charge in [0.25, 0.3) is 0 Å². The summed E-state index contributed by atoms with van der Waals surface area (Å²) in [6.07, 6.45) is 0. The van der Waals surface area contributed by atoms with Crippen LogP contribution in [0.3, 0.4) is 0 Å². The Morgan fingerprint density at radius 3 is 2.13 bits per heavy atom. The van der Waals surface area contributed by atoms with Crippen molar-refractivity contribution >= 4 is 16.0 Å². The van der Waals surface area contributed by atoms with Crippen molar-refractivity contribution in [1.82, 2.24) is 4.72 Å². The molecule has 0 saturated carbocycles. The summed E-state index contributed by atoms with van der Waals surface area (Å²) in [5.41, 5.74) is -0.468. The topological polar surface area (TPSA) is 104 Å². The van der Waals surface area contributed by atoms with Gasteiger partial charge in [-0.05, 0) is 5.41 Å². The van der Waals surface area contributed by atoms with E-state index in [1.54, 1.807) is 20.8 Å². The third kappa shape index (κ3) is 6.43. The molecule has 0 aromatic rings. The lowest BCUT2D eigenvalue weighted by molar-refractivity contribution is -0.139. The average Bonchev–Trinajstić information content (AvgIpc) is 1.94. The van der Waals surface area contributed by atoms with Crippen LogP contribution in [0.1, 0.15) is 20.8 Å². The normalized spacial score (nSPS) is 14.9. The SMILES string of the molecule is CC(C)(C)CS(=O)(=O)N[C@@H](CO)C(=O)O. The van der Waals surface area contributed by atoms with E-state index in [0.717, 1.165) is 0 Å². The number of sulfonamides is 1. The quantitative estimate of drug-likeness (QED) is 0.594. The molecule has 0 rings (SSSR count). The van der Waals surface area contributed by atoms with E-state index in [4.69, 9.17) is 10.2 Å². The van der Waals surface area contributed by atoms with Gasteiger partial charge in [-0.2, -0.15) is 4.72 Å². The Bertz CT molecular complexity index is 316. The smallest absolute Gasteiger partial charge is 0.324 e. The monoisotopic (exact) mass is 239 g/mol. The molecule has 15 heavy (non-hydrogen) atoms. The molecule has 0 bridgehead atoms. The lowest BCUT2D eigenvalue weighted by Gasteiger charge is -2.20. The van der Waals surface area contributed by atoms with Crippen LogP contribution >= 0.6 is 0 Å². The number of carboxylic acids is 1. The minimum atomic E-state index is -3.69. The fraction of sp³-hybridized carbons (Fsp3) is 0.875. The van der Waals surface area contributed by atoms with Gasteiger partial charge in [0.05, 0.1) is 12.4 Å². The van der Waals surface area contributed by atoms with Gasteiger partial charge in [-0.3, -0.25) is 4.79 Å². The Balaban J connectivity index is 4.57. The van der Waals surface area contributed by atoms with E-state index in [2.05, 4.69) is 0 Å². The number of nitrogens with one attached hydrogen (secondary N) is 1. The maximum absolute atomic E-state index is 11.4.